The van der Waals surface area contributed by atoms with Crippen molar-refractivity contribution in [1.82, 2.24) is 10.6 Å². The first-order chi connectivity index (χ1) is 9.79. The average molecular weight is 407 g/mol. The first-order valence-electron chi connectivity index (χ1n) is 7.44. The second kappa shape index (κ2) is 10.0. The van der Waals surface area contributed by atoms with E-state index in [0.717, 1.165) is 37.1 Å². The second-order valence-electron chi connectivity index (χ2n) is 5.21. The maximum atomic E-state index is 5.53. The summed E-state index contributed by atoms with van der Waals surface area (Å²) in [5.74, 6) is 2.56. The summed E-state index contributed by atoms with van der Waals surface area (Å²) in [7, 11) is 0. The Bertz CT molecular complexity index is 409. The zero-order valence-corrected chi connectivity index (χ0v) is 15.1. The smallest absolute Gasteiger partial charge is 0.191 e. The normalized spacial score (nSPS) is 20.8. The minimum Gasteiger partial charge on any atom is -0.467 e. The fraction of sp³-hybridized carbons (Fsp3) is 0.667. The molecular weight excluding hydrogens is 381 g/mol. The zero-order chi connectivity index (χ0) is 14.2. The van der Waals surface area contributed by atoms with Crippen molar-refractivity contribution in [3.63, 3.8) is 0 Å². The Morgan fingerprint density at radius 2 is 2.33 bits per heavy atom. The lowest BCUT2D eigenvalue weighted by Crippen LogP contribution is -2.39. The van der Waals surface area contributed by atoms with E-state index in [1.165, 1.54) is 6.42 Å². The fourth-order valence-corrected chi connectivity index (χ4v) is 1.94. The molecule has 0 bridgehead atoms. The molecule has 0 aliphatic heterocycles. The lowest BCUT2D eigenvalue weighted by Gasteiger charge is -2.10. The molecule has 2 atom stereocenters. The molecule has 1 aliphatic carbocycles. The van der Waals surface area contributed by atoms with Crippen LogP contribution in [0, 0.1) is 5.92 Å². The highest BCUT2D eigenvalue weighted by Crippen LogP contribution is 2.28. The van der Waals surface area contributed by atoms with Gasteiger partial charge in [-0.1, -0.05) is 6.92 Å². The van der Waals surface area contributed by atoms with Crippen LogP contribution in [0.4, 0.5) is 0 Å². The van der Waals surface area contributed by atoms with Crippen molar-refractivity contribution in [3.05, 3.63) is 24.2 Å². The van der Waals surface area contributed by atoms with Crippen LogP contribution in [0.3, 0.4) is 0 Å². The van der Waals surface area contributed by atoms with Gasteiger partial charge in [-0.05, 0) is 37.8 Å². The van der Waals surface area contributed by atoms with Crippen molar-refractivity contribution in [1.29, 1.82) is 0 Å². The monoisotopic (exact) mass is 407 g/mol. The first kappa shape index (κ1) is 18.3. The molecule has 1 aromatic heterocycles. The Balaban J connectivity index is 0.00000220. The molecular formula is C15H26IN3O2. The SMILES string of the molecule is CCNC(=NCCCOCc1ccco1)NC1CC1C.I. The van der Waals surface area contributed by atoms with Crippen molar-refractivity contribution in [2.45, 2.75) is 39.3 Å². The Kier molecular flexibility index (Phi) is 8.75. The van der Waals surface area contributed by atoms with Crippen LogP contribution < -0.4 is 10.6 Å². The molecule has 21 heavy (non-hydrogen) atoms. The number of rotatable bonds is 8. The van der Waals surface area contributed by atoms with E-state index < -0.39 is 0 Å². The van der Waals surface area contributed by atoms with E-state index in [1.807, 2.05) is 12.1 Å². The van der Waals surface area contributed by atoms with Crippen LogP contribution in [-0.2, 0) is 11.3 Å². The number of guanidine groups is 1. The summed E-state index contributed by atoms with van der Waals surface area (Å²) >= 11 is 0. The van der Waals surface area contributed by atoms with Crippen LogP contribution in [0.25, 0.3) is 0 Å². The van der Waals surface area contributed by atoms with E-state index in [0.29, 0.717) is 19.3 Å². The summed E-state index contributed by atoms with van der Waals surface area (Å²) in [6.45, 7) is 7.23. The highest BCUT2D eigenvalue weighted by atomic mass is 127. The second-order valence-corrected chi connectivity index (χ2v) is 5.21. The molecule has 1 heterocycles. The van der Waals surface area contributed by atoms with Gasteiger partial charge in [-0.15, -0.1) is 24.0 Å². The quantitative estimate of drug-likeness (QED) is 0.301. The van der Waals surface area contributed by atoms with Gasteiger partial charge in [0.05, 0.1) is 6.26 Å². The minimum absolute atomic E-state index is 0. The molecule has 1 aliphatic rings. The van der Waals surface area contributed by atoms with Crippen molar-refractivity contribution in [2.24, 2.45) is 10.9 Å². The Morgan fingerprint density at radius 3 is 2.95 bits per heavy atom. The van der Waals surface area contributed by atoms with E-state index in [4.69, 9.17) is 9.15 Å². The first-order valence-corrected chi connectivity index (χ1v) is 7.44. The maximum absolute atomic E-state index is 5.53. The van der Waals surface area contributed by atoms with Gasteiger partial charge >= 0.3 is 0 Å². The molecule has 1 saturated carbocycles. The molecule has 0 spiro atoms. The fourth-order valence-electron chi connectivity index (χ4n) is 1.94. The van der Waals surface area contributed by atoms with Crippen LogP contribution in [0.1, 0.15) is 32.4 Å². The zero-order valence-electron chi connectivity index (χ0n) is 12.8. The number of nitrogens with one attached hydrogen (secondary N) is 2. The van der Waals surface area contributed by atoms with Crippen molar-refractivity contribution >= 4 is 29.9 Å². The van der Waals surface area contributed by atoms with Crippen LogP contribution in [0.5, 0.6) is 0 Å². The van der Waals surface area contributed by atoms with Gasteiger partial charge in [0, 0.05) is 25.7 Å². The van der Waals surface area contributed by atoms with Gasteiger partial charge in [-0.2, -0.15) is 0 Å². The number of hydrogen-bond donors (Lipinski definition) is 2. The highest BCUT2D eigenvalue weighted by Gasteiger charge is 2.33. The van der Waals surface area contributed by atoms with Gasteiger partial charge in [-0.3, -0.25) is 4.99 Å². The molecule has 0 aromatic carbocycles. The average Bonchev–Trinajstić information content (AvgIpc) is 2.93. The molecule has 120 valence electrons. The Morgan fingerprint density at radius 1 is 1.52 bits per heavy atom. The largest absolute Gasteiger partial charge is 0.467 e. The van der Waals surface area contributed by atoms with E-state index in [1.54, 1.807) is 6.26 Å². The molecule has 1 aromatic rings. The molecule has 6 heteroatoms. The predicted molar refractivity (Wildman–Crippen MR) is 95.1 cm³/mol. The maximum Gasteiger partial charge on any atom is 0.191 e. The van der Waals surface area contributed by atoms with Crippen LogP contribution in [0.15, 0.2) is 27.8 Å². The Labute approximate surface area is 143 Å². The van der Waals surface area contributed by atoms with Gasteiger partial charge in [0.1, 0.15) is 12.4 Å². The molecule has 0 saturated heterocycles. The summed E-state index contributed by atoms with van der Waals surface area (Å²) in [6, 6.07) is 4.39. The minimum atomic E-state index is 0. The van der Waals surface area contributed by atoms with Gasteiger partial charge in [-0.25, -0.2) is 0 Å². The standard InChI is InChI=1S/C15H25N3O2.HI/c1-3-16-15(18-14-10-12(14)2)17-7-5-8-19-11-13-6-4-9-20-13;/h4,6,9,12,14H,3,5,7-8,10-11H2,1-2H3,(H2,16,17,18);1H. The van der Waals surface area contributed by atoms with Crippen molar-refractivity contribution in [3.8, 4) is 0 Å². The Hall–Kier alpha value is -0.760. The van der Waals surface area contributed by atoms with Crippen molar-refractivity contribution in [2.75, 3.05) is 19.7 Å². The molecule has 5 nitrogen and oxygen atoms in total. The third-order valence-electron chi connectivity index (χ3n) is 3.32. The van der Waals surface area contributed by atoms with E-state index >= 15 is 0 Å². The number of ether oxygens (including phenoxy) is 1. The number of halogens is 1. The number of aliphatic imine (C=N–C) groups is 1. The van der Waals surface area contributed by atoms with Gasteiger partial charge in [0.15, 0.2) is 5.96 Å². The van der Waals surface area contributed by atoms with E-state index in [-0.39, 0.29) is 24.0 Å². The summed E-state index contributed by atoms with van der Waals surface area (Å²) in [5, 5.41) is 6.71. The highest BCUT2D eigenvalue weighted by molar-refractivity contribution is 14.0. The number of hydrogen-bond acceptors (Lipinski definition) is 3. The van der Waals surface area contributed by atoms with Crippen molar-refractivity contribution < 1.29 is 9.15 Å². The van der Waals surface area contributed by atoms with Gasteiger partial charge in [0.2, 0.25) is 0 Å². The van der Waals surface area contributed by atoms with Crippen LogP contribution in [-0.4, -0.2) is 31.7 Å². The molecule has 2 N–H and O–H groups in total. The predicted octanol–water partition coefficient (Wildman–Crippen LogP) is 2.77. The topological polar surface area (TPSA) is 58.8 Å². The van der Waals surface area contributed by atoms with Crippen LogP contribution in [0.2, 0.25) is 0 Å². The van der Waals surface area contributed by atoms with E-state index in [2.05, 4.69) is 29.5 Å². The summed E-state index contributed by atoms with van der Waals surface area (Å²) in [5.41, 5.74) is 0. The molecule has 1 fully saturated rings. The van der Waals surface area contributed by atoms with Gasteiger partial charge in [0.25, 0.3) is 0 Å². The third-order valence-corrected chi connectivity index (χ3v) is 3.32. The molecule has 2 rings (SSSR count). The molecule has 2 unspecified atom stereocenters. The lowest BCUT2D eigenvalue weighted by atomic mass is 10.4. The van der Waals surface area contributed by atoms with E-state index in [9.17, 15) is 0 Å². The third kappa shape index (κ3) is 7.17. The molecule has 0 amide bonds. The summed E-state index contributed by atoms with van der Waals surface area (Å²) < 4.78 is 10.7. The molecule has 0 radical (unpaired) electrons. The van der Waals surface area contributed by atoms with Gasteiger partial charge < -0.3 is 19.8 Å². The number of furan rings is 1. The number of nitrogens with zero attached hydrogens (tertiary/aromatic N) is 1. The lowest BCUT2D eigenvalue weighted by molar-refractivity contribution is 0.105. The van der Waals surface area contributed by atoms with Crippen LogP contribution >= 0.6 is 24.0 Å². The summed E-state index contributed by atoms with van der Waals surface area (Å²) in [4.78, 5) is 4.55. The summed E-state index contributed by atoms with van der Waals surface area (Å²) in [6.07, 6.45) is 3.82.